The number of hydrogen-bond donors (Lipinski definition) is 2. The molecule has 1 aliphatic heterocycles. The summed E-state index contributed by atoms with van der Waals surface area (Å²) in [6.45, 7) is 9.63. The summed E-state index contributed by atoms with van der Waals surface area (Å²) in [4.78, 5) is 65.2. The second kappa shape index (κ2) is 16.7. The Balaban J connectivity index is 1.41. The number of nitrogens with zero attached hydrogens (tertiary/aromatic N) is 5. The van der Waals surface area contributed by atoms with Crippen LogP contribution in [0.2, 0.25) is 0 Å². The van der Waals surface area contributed by atoms with Crippen LogP contribution in [-0.4, -0.2) is 128 Å². The number of ketones is 1. The number of para-hydroxylation sites is 1. The molecule has 1 aromatic heterocycles. The maximum Gasteiger partial charge on any atom is 0.410 e. The lowest BCUT2D eigenvalue weighted by Crippen LogP contribution is -2.53. The Morgan fingerprint density at radius 2 is 1.67 bits per heavy atom. The number of carbonyl (C=O) groups excluding carboxylic acids is 4. The van der Waals surface area contributed by atoms with Gasteiger partial charge in [0.1, 0.15) is 17.2 Å². The first kappa shape index (κ1) is 39.9. The third-order valence-corrected chi connectivity index (χ3v) is 9.17. The number of sulfone groups is 1. The first-order valence-corrected chi connectivity index (χ1v) is 18.9. The number of esters is 1. The van der Waals surface area contributed by atoms with Gasteiger partial charge in [0.05, 0.1) is 35.6 Å². The van der Waals surface area contributed by atoms with Crippen molar-refractivity contribution in [1.82, 2.24) is 25.1 Å². The second-order valence-corrected chi connectivity index (χ2v) is 16.3. The van der Waals surface area contributed by atoms with Crippen molar-refractivity contribution in [3.8, 4) is 17.1 Å². The Labute approximate surface area is 304 Å². The number of nitrogens with one attached hydrogen (secondary N) is 1. The quantitative estimate of drug-likeness (QED) is 0.244. The van der Waals surface area contributed by atoms with Gasteiger partial charge >= 0.3 is 12.1 Å². The Hall–Kier alpha value is -4.83. The number of rotatable bonds is 13. The van der Waals surface area contributed by atoms with Gasteiger partial charge in [0, 0.05) is 44.9 Å². The number of anilines is 1. The number of fused-ring (bicyclic) bond motifs is 1. The zero-order chi connectivity index (χ0) is 38.4. The van der Waals surface area contributed by atoms with Crippen LogP contribution in [0.15, 0.2) is 47.4 Å². The lowest BCUT2D eigenvalue weighted by Gasteiger charge is -2.37. The molecule has 1 atom stereocenters. The number of benzene rings is 2. The number of carbonyl (C=O) groups is 4. The van der Waals surface area contributed by atoms with Crippen molar-refractivity contribution < 1.29 is 42.2 Å². The van der Waals surface area contributed by atoms with Crippen LogP contribution in [0.1, 0.15) is 41.0 Å². The smallest absolute Gasteiger partial charge is 0.410 e. The maximum absolute atomic E-state index is 13.7. The van der Waals surface area contributed by atoms with Crippen molar-refractivity contribution in [2.75, 3.05) is 64.0 Å². The third kappa shape index (κ3) is 10.8. The monoisotopic (exact) mass is 740 g/mol. The minimum Gasteiger partial charge on any atom is -0.507 e. The molecule has 2 heterocycles. The number of aromatic nitrogens is 2. The number of likely N-dealkylation sites (N-methyl/N-ethyl adjacent to an activating group) is 1. The van der Waals surface area contributed by atoms with Crippen LogP contribution in [-0.2, 0) is 33.7 Å². The van der Waals surface area contributed by atoms with E-state index in [1.54, 1.807) is 49.9 Å². The van der Waals surface area contributed by atoms with Gasteiger partial charge in [-0.2, -0.15) is 0 Å². The molecule has 15 nitrogen and oxygen atoms in total. The molecule has 16 heteroatoms. The molecular weight excluding hydrogens is 692 g/mol. The van der Waals surface area contributed by atoms with Crippen molar-refractivity contribution in [3.05, 3.63) is 42.5 Å². The normalized spacial score (nSPS) is 14.3. The first-order valence-electron chi connectivity index (χ1n) is 17.0. The van der Waals surface area contributed by atoms with E-state index >= 15 is 0 Å². The van der Waals surface area contributed by atoms with Gasteiger partial charge in [-0.25, -0.2) is 23.2 Å². The van der Waals surface area contributed by atoms with Gasteiger partial charge < -0.3 is 29.3 Å². The minimum atomic E-state index is -3.52. The van der Waals surface area contributed by atoms with E-state index in [-0.39, 0.29) is 53.7 Å². The topological polar surface area (TPSA) is 189 Å². The molecule has 0 bridgehead atoms. The molecule has 0 spiro atoms. The molecule has 2 aromatic carbocycles. The first-order chi connectivity index (χ1) is 24.3. The van der Waals surface area contributed by atoms with Crippen LogP contribution in [0, 0.1) is 5.92 Å². The van der Waals surface area contributed by atoms with Crippen molar-refractivity contribution >= 4 is 50.3 Å². The number of Topliss-reactive ketones (excluding diaryl/α,β-unsaturated/α-hetero) is 1. The van der Waals surface area contributed by atoms with E-state index in [0.717, 1.165) is 11.2 Å². The van der Waals surface area contributed by atoms with Crippen LogP contribution in [0.5, 0.6) is 5.75 Å². The molecular formula is C36H48N6O9S. The molecule has 52 heavy (non-hydrogen) atoms. The summed E-state index contributed by atoms with van der Waals surface area (Å²) >= 11 is 0. The molecule has 2 N–H and O–H groups in total. The summed E-state index contributed by atoms with van der Waals surface area (Å²) in [5.41, 5.74) is 0.0692. The largest absolute Gasteiger partial charge is 0.507 e. The van der Waals surface area contributed by atoms with Crippen LogP contribution in [0.3, 0.4) is 0 Å². The van der Waals surface area contributed by atoms with E-state index in [0.29, 0.717) is 54.9 Å². The van der Waals surface area contributed by atoms with Crippen molar-refractivity contribution in [2.24, 2.45) is 5.92 Å². The molecule has 2 amide bonds. The van der Waals surface area contributed by atoms with Gasteiger partial charge in [0.2, 0.25) is 0 Å². The highest BCUT2D eigenvalue weighted by molar-refractivity contribution is 7.90. The van der Waals surface area contributed by atoms with E-state index < -0.39 is 33.6 Å². The van der Waals surface area contributed by atoms with Crippen LogP contribution in [0.25, 0.3) is 22.3 Å². The fraction of sp³-hybridized carbons (Fsp3) is 0.500. The third-order valence-electron chi connectivity index (χ3n) is 8.06. The fourth-order valence-electron chi connectivity index (χ4n) is 5.55. The van der Waals surface area contributed by atoms with Crippen LogP contribution >= 0.6 is 0 Å². The summed E-state index contributed by atoms with van der Waals surface area (Å²) in [7, 11) is -2.07. The predicted molar refractivity (Wildman–Crippen MR) is 195 cm³/mol. The van der Waals surface area contributed by atoms with E-state index in [9.17, 15) is 32.7 Å². The molecule has 0 radical (unpaired) electrons. The zero-order valence-corrected chi connectivity index (χ0v) is 31.5. The molecule has 1 fully saturated rings. The second-order valence-electron chi connectivity index (χ2n) is 14.2. The van der Waals surface area contributed by atoms with Gasteiger partial charge in [-0.15, -0.1) is 0 Å². The van der Waals surface area contributed by atoms with Gasteiger partial charge in [-0.1, -0.05) is 26.0 Å². The molecule has 0 aliphatic carbocycles. The average Bonchev–Trinajstić information content (AvgIpc) is 3.05. The summed E-state index contributed by atoms with van der Waals surface area (Å²) < 4.78 is 35.5. The Kier molecular flexibility index (Phi) is 12.8. The van der Waals surface area contributed by atoms with E-state index in [1.807, 2.05) is 18.7 Å². The Morgan fingerprint density at radius 1 is 1.00 bits per heavy atom. The Bertz CT molecular complexity index is 1900. The van der Waals surface area contributed by atoms with Crippen molar-refractivity contribution in [3.63, 3.8) is 0 Å². The average molecular weight is 741 g/mol. The highest BCUT2D eigenvalue weighted by Crippen LogP contribution is 2.33. The SMILES string of the molecule is CC(C)CC(OC(=O)CNCC(=O)CN(C)C(=O)OC(C)(C)C)C(=O)N1CCN(c2nc(-c3ccccc3O)nc3cc(S(C)(=O)=O)ccc23)CC1. The summed E-state index contributed by atoms with van der Waals surface area (Å²) in [5.74, 6) is -0.606. The van der Waals surface area contributed by atoms with E-state index in [1.165, 1.54) is 25.2 Å². The van der Waals surface area contributed by atoms with Gasteiger partial charge in [-0.05, 0) is 63.4 Å². The number of phenols is 1. The number of piperazine rings is 1. The predicted octanol–water partition coefficient (Wildman–Crippen LogP) is 3.04. The minimum absolute atomic E-state index is 0.0270. The number of amides is 2. The maximum atomic E-state index is 13.7. The molecule has 282 valence electrons. The van der Waals surface area contributed by atoms with Crippen molar-refractivity contribution in [2.45, 2.75) is 57.6 Å². The van der Waals surface area contributed by atoms with Gasteiger partial charge in [-0.3, -0.25) is 19.7 Å². The summed E-state index contributed by atoms with van der Waals surface area (Å²) in [6.07, 6.45) is -0.250. The van der Waals surface area contributed by atoms with Crippen LogP contribution in [0.4, 0.5) is 10.6 Å². The van der Waals surface area contributed by atoms with Crippen LogP contribution < -0.4 is 10.2 Å². The molecule has 1 saturated heterocycles. The van der Waals surface area contributed by atoms with E-state index in [2.05, 4.69) is 10.3 Å². The van der Waals surface area contributed by atoms with Gasteiger partial charge in [0.15, 0.2) is 27.5 Å². The Morgan fingerprint density at radius 3 is 2.29 bits per heavy atom. The molecule has 0 saturated carbocycles. The highest BCUT2D eigenvalue weighted by Gasteiger charge is 2.32. The number of ether oxygens (including phenoxy) is 2. The fourth-order valence-corrected chi connectivity index (χ4v) is 6.19. The highest BCUT2D eigenvalue weighted by atomic mass is 32.2. The molecule has 1 unspecified atom stereocenters. The molecule has 3 aromatic rings. The lowest BCUT2D eigenvalue weighted by molar-refractivity contribution is -0.160. The van der Waals surface area contributed by atoms with Crippen molar-refractivity contribution in [1.29, 1.82) is 0 Å². The van der Waals surface area contributed by atoms with E-state index in [4.69, 9.17) is 14.5 Å². The molecule has 4 rings (SSSR count). The lowest BCUT2D eigenvalue weighted by atomic mass is 10.0. The van der Waals surface area contributed by atoms with Gasteiger partial charge in [0.25, 0.3) is 5.91 Å². The summed E-state index contributed by atoms with van der Waals surface area (Å²) in [6, 6.07) is 11.3. The standard InChI is InChI=1S/C36H48N6O9S/c1-23(2)18-30(50-31(45)21-37-20-24(43)22-40(6)35(47)51-36(3,4)5)34(46)42-16-14-41(15-17-42)33-26-13-12-25(52(7,48)49)19-28(26)38-32(39-33)27-10-8-9-11-29(27)44/h8-13,19,23,30,37,44H,14-18,20-22H2,1-7H3. The molecule has 1 aliphatic rings. The zero-order valence-electron chi connectivity index (χ0n) is 30.7. The summed E-state index contributed by atoms with van der Waals surface area (Å²) in [5, 5.41) is 13.9. The number of hydrogen-bond acceptors (Lipinski definition) is 13. The number of aromatic hydroxyl groups is 1. The number of phenolic OH excluding ortho intramolecular Hbond substituents is 1.